The molecule has 0 radical (unpaired) electrons. The van der Waals surface area contributed by atoms with Crippen molar-refractivity contribution in [2.24, 2.45) is 0 Å². The standard InChI is InChI=1S/C13H15NO5/c15-11(10-6-9(7-19-10)12(16)17)14-4-5-18-8-13(14)2-1-3-13/h6-7H,1-5,8H2,(H,16,17). The van der Waals surface area contributed by atoms with Gasteiger partial charge in [0.1, 0.15) is 6.26 Å². The molecule has 1 aromatic heterocycles. The fraction of sp³-hybridized carbons (Fsp3) is 0.538. The van der Waals surface area contributed by atoms with E-state index < -0.39 is 5.97 Å². The highest BCUT2D eigenvalue weighted by Crippen LogP contribution is 2.40. The van der Waals surface area contributed by atoms with E-state index in [-0.39, 0.29) is 22.8 Å². The number of carbonyl (C=O) groups excluding carboxylic acids is 1. The van der Waals surface area contributed by atoms with Gasteiger partial charge in [0.25, 0.3) is 5.91 Å². The van der Waals surface area contributed by atoms with E-state index in [1.165, 1.54) is 6.07 Å². The Bertz CT molecular complexity index is 517. The summed E-state index contributed by atoms with van der Waals surface area (Å²) < 4.78 is 10.6. The van der Waals surface area contributed by atoms with Crippen molar-refractivity contribution >= 4 is 11.9 Å². The second-order valence-electron chi connectivity index (χ2n) is 5.09. The number of rotatable bonds is 2. The lowest BCUT2D eigenvalue weighted by atomic mass is 9.75. The summed E-state index contributed by atoms with van der Waals surface area (Å²) >= 11 is 0. The van der Waals surface area contributed by atoms with Gasteiger partial charge in [-0.1, -0.05) is 0 Å². The molecule has 0 aromatic carbocycles. The minimum Gasteiger partial charge on any atom is -0.478 e. The Balaban J connectivity index is 1.83. The largest absolute Gasteiger partial charge is 0.478 e. The van der Waals surface area contributed by atoms with Crippen molar-refractivity contribution in [2.75, 3.05) is 19.8 Å². The molecule has 2 heterocycles. The van der Waals surface area contributed by atoms with Crippen LogP contribution in [0.3, 0.4) is 0 Å². The normalized spacial score (nSPS) is 21.2. The summed E-state index contributed by atoms with van der Waals surface area (Å²) in [5.41, 5.74) is -0.204. The monoisotopic (exact) mass is 265 g/mol. The van der Waals surface area contributed by atoms with Crippen LogP contribution in [0, 0.1) is 0 Å². The highest BCUT2D eigenvalue weighted by atomic mass is 16.5. The predicted octanol–water partition coefficient (Wildman–Crippen LogP) is 1.37. The molecule has 1 saturated carbocycles. The number of aromatic carboxylic acids is 1. The summed E-state index contributed by atoms with van der Waals surface area (Å²) in [5, 5.41) is 8.85. The molecule has 0 bridgehead atoms. The summed E-state index contributed by atoms with van der Waals surface area (Å²) in [4.78, 5) is 25.0. The molecule has 3 rings (SSSR count). The number of ether oxygens (including phenoxy) is 1. The Morgan fingerprint density at radius 2 is 2.16 bits per heavy atom. The van der Waals surface area contributed by atoms with Crippen LogP contribution in [-0.2, 0) is 4.74 Å². The second kappa shape index (κ2) is 4.38. The number of morpholine rings is 1. The van der Waals surface area contributed by atoms with E-state index in [0.717, 1.165) is 25.5 Å². The van der Waals surface area contributed by atoms with Crippen molar-refractivity contribution in [3.8, 4) is 0 Å². The van der Waals surface area contributed by atoms with Gasteiger partial charge in [-0.25, -0.2) is 4.79 Å². The van der Waals surface area contributed by atoms with Crippen LogP contribution >= 0.6 is 0 Å². The first kappa shape index (κ1) is 12.2. The van der Waals surface area contributed by atoms with Gasteiger partial charge in [-0.2, -0.15) is 0 Å². The van der Waals surface area contributed by atoms with Crippen LogP contribution in [0.1, 0.15) is 40.2 Å². The van der Waals surface area contributed by atoms with Crippen LogP contribution in [-0.4, -0.2) is 47.2 Å². The molecule has 0 atom stereocenters. The quantitative estimate of drug-likeness (QED) is 0.873. The molecule has 1 aliphatic heterocycles. The fourth-order valence-corrected chi connectivity index (χ4v) is 2.74. The van der Waals surface area contributed by atoms with Crippen LogP contribution in [0.5, 0.6) is 0 Å². The Kier molecular flexibility index (Phi) is 2.82. The molecule has 1 N–H and O–H groups in total. The zero-order valence-electron chi connectivity index (χ0n) is 10.4. The SMILES string of the molecule is O=C(O)c1coc(C(=O)N2CCOCC23CCC3)c1. The van der Waals surface area contributed by atoms with Gasteiger partial charge < -0.3 is 19.2 Å². The topological polar surface area (TPSA) is 80.0 Å². The summed E-state index contributed by atoms with van der Waals surface area (Å²) in [6.07, 6.45) is 4.06. The lowest BCUT2D eigenvalue weighted by Crippen LogP contribution is -2.62. The number of hydrogen-bond donors (Lipinski definition) is 1. The minimum atomic E-state index is -1.09. The Morgan fingerprint density at radius 3 is 2.74 bits per heavy atom. The van der Waals surface area contributed by atoms with Crippen LogP contribution in [0.15, 0.2) is 16.7 Å². The highest BCUT2D eigenvalue weighted by Gasteiger charge is 2.47. The van der Waals surface area contributed by atoms with Gasteiger partial charge in [-0.15, -0.1) is 0 Å². The molecule has 102 valence electrons. The average molecular weight is 265 g/mol. The Hall–Kier alpha value is -1.82. The zero-order chi connectivity index (χ0) is 13.5. The maximum Gasteiger partial charge on any atom is 0.338 e. The Morgan fingerprint density at radius 1 is 1.37 bits per heavy atom. The smallest absolute Gasteiger partial charge is 0.338 e. The maximum absolute atomic E-state index is 12.4. The number of nitrogens with zero attached hydrogens (tertiary/aromatic N) is 1. The van der Waals surface area contributed by atoms with E-state index in [0.29, 0.717) is 19.8 Å². The predicted molar refractivity (Wildman–Crippen MR) is 64.1 cm³/mol. The van der Waals surface area contributed by atoms with E-state index in [2.05, 4.69) is 0 Å². The van der Waals surface area contributed by atoms with Gasteiger partial charge in [0.05, 0.1) is 24.3 Å². The first-order valence-corrected chi connectivity index (χ1v) is 6.34. The van der Waals surface area contributed by atoms with E-state index in [1.54, 1.807) is 4.90 Å². The maximum atomic E-state index is 12.4. The summed E-state index contributed by atoms with van der Waals surface area (Å²) in [5.74, 6) is -1.25. The number of carboxylic acids is 1. The van der Waals surface area contributed by atoms with Crippen LogP contribution in [0.2, 0.25) is 0 Å². The van der Waals surface area contributed by atoms with Crippen molar-refractivity contribution in [1.29, 1.82) is 0 Å². The van der Waals surface area contributed by atoms with Gasteiger partial charge in [-0.05, 0) is 19.3 Å². The lowest BCUT2D eigenvalue weighted by molar-refractivity contribution is -0.0886. The zero-order valence-corrected chi connectivity index (χ0v) is 10.4. The number of carbonyl (C=O) groups is 2. The second-order valence-corrected chi connectivity index (χ2v) is 5.09. The molecule has 19 heavy (non-hydrogen) atoms. The third-order valence-corrected chi connectivity index (χ3v) is 3.99. The first-order chi connectivity index (χ1) is 9.12. The van der Waals surface area contributed by atoms with Crippen molar-refractivity contribution in [1.82, 2.24) is 4.90 Å². The molecule has 6 heteroatoms. The Labute approximate surface area is 109 Å². The van der Waals surface area contributed by atoms with Gasteiger partial charge in [0.2, 0.25) is 0 Å². The molecule has 1 aliphatic carbocycles. The number of amides is 1. The highest BCUT2D eigenvalue weighted by molar-refractivity contribution is 5.96. The molecular weight excluding hydrogens is 250 g/mol. The summed E-state index contributed by atoms with van der Waals surface area (Å²) in [7, 11) is 0. The van der Waals surface area contributed by atoms with Gasteiger partial charge in [-0.3, -0.25) is 4.79 Å². The number of furan rings is 1. The van der Waals surface area contributed by atoms with Gasteiger partial charge >= 0.3 is 5.97 Å². The summed E-state index contributed by atoms with van der Waals surface area (Å²) in [6.45, 7) is 1.60. The van der Waals surface area contributed by atoms with E-state index in [4.69, 9.17) is 14.3 Å². The van der Waals surface area contributed by atoms with Crippen LogP contribution in [0.4, 0.5) is 0 Å². The first-order valence-electron chi connectivity index (χ1n) is 6.34. The van der Waals surface area contributed by atoms with Crippen molar-refractivity contribution in [3.05, 3.63) is 23.7 Å². The van der Waals surface area contributed by atoms with Gasteiger partial charge in [0.15, 0.2) is 5.76 Å². The van der Waals surface area contributed by atoms with Crippen LogP contribution in [0.25, 0.3) is 0 Å². The molecule has 2 aliphatic rings. The van der Waals surface area contributed by atoms with E-state index in [9.17, 15) is 9.59 Å². The third kappa shape index (κ3) is 1.92. The molecular formula is C13H15NO5. The lowest BCUT2D eigenvalue weighted by Gasteiger charge is -2.52. The molecule has 1 amide bonds. The van der Waals surface area contributed by atoms with Crippen molar-refractivity contribution < 1.29 is 23.8 Å². The van der Waals surface area contributed by atoms with Gasteiger partial charge in [0, 0.05) is 12.6 Å². The number of carboxylic acid groups (broad SMARTS) is 1. The molecule has 1 spiro atoms. The van der Waals surface area contributed by atoms with E-state index in [1.807, 2.05) is 0 Å². The average Bonchev–Trinajstić information content (AvgIpc) is 2.85. The minimum absolute atomic E-state index is 0.000677. The molecule has 6 nitrogen and oxygen atoms in total. The van der Waals surface area contributed by atoms with Crippen LogP contribution < -0.4 is 0 Å². The van der Waals surface area contributed by atoms with Crippen molar-refractivity contribution in [2.45, 2.75) is 24.8 Å². The molecule has 1 saturated heterocycles. The molecule has 0 unspecified atom stereocenters. The molecule has 2 fully saturated rings. The van der Waals surface area contributed by atoms with E-state index >= 15 is 0 Å². The molecule has 1 aromatic rings. The third-order valence-electron chi connectivity index (χ3n) is 3.99. The fourth-order valence-electron chi connectivity index (χ4n) is 2.74. The summed E-state index contributed by atoms with van der Waals surface area (Å²) in [6, 6.07) is 1.28. The van der Waals surface area contributed by atoms with Crippen molar-refractivity contribution in [3.63, 3.8) is 0 Å². The number of hydrogen-bond acceptors (Lipinski definition) is 4.